The number of sulfonamides is 1. The molecule has 0 fully saturated rings. The van der Waals surface area contributed by atoms with Crippen LogP contribution in [0.5, 0.6) is 0 Å². The van der Waals surface area contributed by atoms with E-state index < -0.39 is 28.5 Å². The summed E-state index contributed by atoms with van der Waals surface area (Å²) in [5.41, 5.74) is 2.85. The standard InChI is InChI=1S/C30H35Cl2N3O4S/c1-4-17-33-30(37)28(18-23-9-7-6-8-10-23)34(20-24-13-14-25(31)19-27(24)32)29(36)21-35(40(3,38)39)26-15-11-22(5-2)12-16-26/h6-16,19,28H,4-5,17-18,20-21H2,1-3H3,(H,33,37)/t28-/m1/s1. The highest BCUT2D eigenvalue weighted by Crippen LogP contribution is 2.25. The number of nitrogens with zero attached hydrogens (tertiary/aromatic N) is 2. The third-order valence-electron chi connectivity index (χ3n) is 6.49. The molecule has 40 heavy (non-hydrogen) atoms. The first-order chi connectivity index (χ1) is 19.0. The van der Waals surface area contributed by atoms with Gasteiger partial charge in [0.2, 0.25) is 21.8 Å². The van der Waals surface area contributed by atoms with Crippen molar-refractivity contribution in [2.24, 2.45) is 0 Å². The zero-order valence-corrected chi connectivity index (χ0v) is 25.3. The first-order valence-corrected chi connectivity index (χ1v) is 15.8. The minimum atomic E-state index is -3.83. The van der Waals surface area contributed by atoms with Crippen molar-refractivity contribution in [1.82, 2.24) is 10.2 Å². The molecule has 0 saturated carbocycles. The van der Waals surface area contributed by atoms with E-state index >= 15 is 0 Å². The van der Waals surface area contributed by atoms with Gasteiger partial charge in [-0.1, -0.05) is 85.6 Å². The van der Waals surface area contributed by atoms with Crippen LogP contribution in [0.25, 0.3) is 0 Å². The van der Waals surface area contributed by atoms with Gasteiger partial charge in [0, 0.05) is 29.6 Å². The number of hydrogen-bond acceptors (Lipinski definition) is 4. The van der Waals surface area contributed by atoms with Crippen LogP contribution in [0.4, 0.5) is 5.69 Å². The molecule has 0 aliphatic rings. The maximum atomic E-state index is 14.1. The molecule has 0 bridgehead atoms. The molecule has 10 heteroatoms. The van der Waals surface area contributed by atoms with Crippen molar-refractivity contribution in [3.63, 3.8) is 0 Å². The minimum absolute atomic E-state index is 0.0156. The number of hydrogen-bond donors (Lipinski definition) is 1. The highest BCUT2D eigenvalue weighted by atomic mass is 35.5. The van der Waals surface area contributed by atoms with Gasteiger partial charge in [0.15, 0.2) is 0 Å². The van der Waals surface area contributed by atoms with E-state index in [-0.39, 0.29) is 18.9 Å². The van der Waals surface area contributed by atoms with E-state index in [9.17, 15) is 18.0 Å². The molecule has 0 radical (unpaired) electrons. The number of benzene rings is 3. The van der Waals surface area contributed by atoms with Gasteiger partial charge in [-0.2, -0.15) is 0 Å². The summed E-state index contributed by atoms with van der Waals surface area (Å²) in [5, 5.41) is 3.68. The van der Waals surface area contributed by atoms with Crippen molar-refractivity contribution in [3.05, 3.63) is 99.5 Å². The summed E-state index contributed by atoms with van der Waals surface area (Å²) in [6.45, 7) is 3.88. The molecule has 2 amide bonds. The molecule has 0 spiro atoms. The van der Waals surface area contributed by atoms with Gasteiger partial charge >= 0.3 is 0 Å². The second-order valence-electron chi connectivity index (χ2n) is 9.54. The number of aryl methyl sites for hydroxylation is 1. The number of nitrogens with one attached hydrogen (secondary N) is 1. The van der Waals surface area contributed by atoms with Crippen LogP contribution in [0.15, 0.2) is 72.8 Å². The molecule has 1 N–H and O–H groups in total. The van der Waals surface area contributed by atoms with Crippen molar-refractivity contribution in [1.29, 1.82) is 0 Å². The molecule has 0 unspecified atom stereocenters. The Hall–Kier alpha value is -3.07. The van der Waals surface area contributed by atoms with E-state index in [0.29, 0.717) is 27.8 Å². The van der Waals surface area contributed by atoms with E-state index in [0.717, 1.165) is 34.5 Å². The highest BCUT2D eigenvalue weighted by Gasteiger charge is 2.33. The number of anilines is 1. The van der Waals surface area contributed by atoms with Crippen molar-refractivity contribution < 1.29 is 18.0 Å². The topological polar surface area (TPSA) is 86.8 Å². The molecule has 1 atom stereocenters. The van der Waals surface area contributed by atoms with Crippen LogP contribution in [0.3, 0.4) is 0 Å². The van der Waals surface area contributed by atoms with Crippen molar-refractivity contribution in [3.8, 4) is 0 Å². The average Bonchev–Trinajstić information content (AvgIpc) is 2.93. The van der Waals surface area contributed by atoms with Gasteiger partial charge < -0.3 is 10.2 Å². The highest BCUT2D eigenvalue weighted by molar-refractivity contribution is 7.92. The van der Waals surface area contributed by atoms with Gasteiger partial charge in [0.25, 0.3) is 0 Å². The number of carbonyl (C=O) groups excluding carboxylic acids is 2. The Balaban J connectivity index is 2.05. The van der Waals surface area contributed by atoms with Gasteiger partial charge in [-0.25, -0.2) is 8.42 Å². The molecule has 0 aliphatic heterocycles. The fourth-order valence-electron chi connectivity index (χ4n) is 4.27. The molecular weight excluding hydrogens is 569 g/mol. The lowest BCUT2D eigenvalue weighted by atomic mass is 10.0. The van der Waals surface area contributed by atoms with E-state index in [1.807, 2.05) is 56.3 Å². The molecule has 3 rings (SSSR count). The normalized spacial score (nSPS) is 12.0. The number of carbonyl (C=O) groups is 2. The summed E-state index contributed by atoms with van der Waals surface area (Å²) >= 11 is 12.6. The van der Waals surface area contributed by atoms with Crippen LogP contribution in [0.1, 0.15) is 37.0 Å². The third-order valence-corrected chi connectivity index (χ3v) is 8.22. The lowest BCUT2D eigenvalue weighted by Crippen LogP contribution is -2.53. The zero-order valence-electron chi connectivity index (χ0n) is 22.9. The molecule has 0 aliphatic carbocycles. The summed E-state index contributed by atoms with van der Waals surface area (Å²) in [7, 11) is -3.83. The minimum Gasteiger partial charge on any atom is -0.354 e. The van der Waals surface area contributed by atoms with Crippen LogP contribution in [-0.4, -0.2) is 50.5 Å². The Labute approximate surface area is 247 Å². The molecule has 7 nitrogen and oxygen atoms in total. The summed E-state index contributed by atoms with van der Waals surface area (Å²) in [6.07, 6.45) is 2.80. The predicted molar refractivity (Wildman–Crippen MR) is 162 cm³/mol. The summed E-state index contributed by atoms with van der Waals surface area (Å²) in [5.74, 6) is -0.870. The lowest BCUT2D eigenvalue weighted by molar-refractivity contribution is -0.140. The summed E-state index contributed by atoms with van der Waals surface area (Å²) < 4.78 is 26.8. The van der Waals surface area contributed by atoms with Crippen LogP contribution < -0.4 is 9.62 Å². The first-order valence-electron chi connectivity index (χ1n) is 13.1. The summed E-state index contributed by atoms with van der Waals surface area (Å²) in [4.78, 5) is 29.0. The molecule has 0 saturated heterocycles. The van der Waals surface area contributed by atoms with E-state index in [1.54, 1.807) is 30.3 Å². The van der Waals surface area contributed by atoms with Crippen molar-refractivity contribution in [2.75, 3.05) is 23.7 Å². The smallest absolute Gasteiger partial charge is 0.244 e. The average molecular weight is 605 g/mol. The van der Waals surface area contributed by atoms with Crippen molar-refractivity contribution >= 4 is 50.7 Å². The van der Waals surface area contributed by atoms with E-state index in [2.05, 4.69) is 5.32 Å². The van der Waals surface area contributed by atoms with E-state index in [4.69, 9.17) is 23.2 Å². The Bertz CT molecular complexity index is 1400. The molecule has 214 valence electrons. The van der Waals surface area contributed by atoms with Crippen LogP contribution in [-0.2, 0) is 39.0 Å². The van der Waals surface area contributed by atoms with Crippen LogP contribution in [0, 0.1) is 0 Å². The quantitative estimate of drug-likeness (QED) is 0.280. The zero-order chi connectivity index (χ0) is 29.3. The maximum absolute atomic E-state index is 14.1. The summed E-state index contributed by atoms with van der Waals surface area (Å²) in [6, 6.07) is 20.4. The first kappa shape index (κ1) is 31.5. The van der Waals surface area contributed by atoms with Gasteiger partial charge in [0.1, 0.15) is 12.6 Å². The molecule has 0 heterocycles. The van der Waals surface area contributed by atoms with Gasteiger partial charge in [-0.15, -0.1) is 0 Å². The van der Waals surface area contributed by atoms with Gasteiger partial charge in [-0.3, -0.25) is 13.9 Å². The predicted octanol–water partition coefficient (Wildman–Crippen LogP) is 5.49. The number of amides is 2. The Morgan fingerprint density at radius 3 is 2.17 bits per heavy atom. The van der Waals surface area contributed by atoms with Crippen LogP contribution >= 0.6 is 23.2 Å². The van der Waals surface area contributed by atoms with Gasteiger partial charge in [-0.05, 0) is 53.8 Å². The molecule has 3 aromatic rings. The lowest BCUT2D eigenvalue weighted by Gasteiger charge is -2.33. The van der Waals surface area contributed by atoms with Crippen molar-refractivity contribution in [2.45, 2.75) is 45.7 Å². The SMILES string of the molecule is CCCNC(=O)[C@@H](Cc1ccccc1)N(Cc1ccc(Cl)cc1Cl)C(=O)CN(c1ccc(CC)cc1)S(C)(=O)=O. The number of halogens is 2. The fraction of sp³-hybridized carbons (Fsp3) is 0.333. The Kier molecular flexibility index (Phi) is 11.4. The number of rotatable bonds is 13. The second kappa shape index (κ2) is 14.5. The molecule has 3 aromatic carbocycles. The van der Waals surface area contributed by atoms with Crippen LogP contribution in [0.2, 0.25) is 10.0 Å². The monoisotopic (exact) mass is 603 g/mol. The molecular formula is C30H35Cl2N3O4S. The Morgan fingerprint density at radius 1 is 0.925 bits per heavy atom. The second-order valence-corrected chi connectivity index (χ2v) is 12.3. The van der Waals surface area contributed by atoms with E-state index in [1.165, 1.54) is 4.90 Å². The third kappa shape index (κ3) is 8.71. The fourth-order valence-corrected chi connectivity index (χ4v) is 5.58. The van der Waals surface area contributed by atoms with Gasteiger partial charge in [0.05, 0.1) is 11.9 Å². The Morgan fingerprint density at radius 2 is 1.60 bits per heavy atom. The molecule has 0 aromatic heterocycles. The maximum Gasteiger partial charge on any atom is 0.244 e. The largest absolute Gasteiger partial charge is 0.354 e.